The molecule has 0 fully saturated rings. The van der Waals surface area contributed by atoms with Crippen molar-refractivity contribution < 1.29 is 39.6 Å². The fraction of sp³-hybridized carbons (Fsp3) is 0.667. The summed E-state index contributed by atoms with van der Waals surface area (Å²) in [4.78, 5) is 44.4. The molecule has 0 radical (unpaired) electrons. The summed E-state index contributed by atoms with van der Waals surface area (Å²) in [5.41, 5.74) is -1.04. The van der Waals surface area contributed by atoms with Crippen LogP contribution in [0.15, 0.2) is 0 Å². The van der Waals surface area contributed by atoms with Crippen molar-refractivity contribution in [1.82, 2.24) is 0 Å². The van der Waals surface area contributed by atoms with Gasteiger partial charge in [-0.2, -0.15) is 0 Å². The molecule has 0 aromatic heterocycles. The lowest BCUT2D eigenvalue weighted by Gasteiger charge is -2.34. The summed E-state index contributed by atoms with van der Waals surface area (Å²) in [6, 6.07) is 0. The van der Waals surface area contributed by atoms with E-state index in [1.165, 1.54) is 20.8 Å². The Morgan fingerprint density at radius 3 is 1.50 bits per heavy atom. The van der Waals surface area contributed by atoms with Crippen molar-refractivity contribution in [2.24, 2.45) is 23.2 Å². The average molecular weight is 290 g/mol. The zero-order chi connectivity index (χ0) is 16.2. The van der Waals surface area contributed by atoms with Gasteiger partial charge in [0.15, 0.2) is 0 Å². The van der Waals surface area contributed by atoms with Crippen molar-refractivity contribution in [3.8, 4) is 0 Å². The monoisotopic (exact) mass is 290 g/mol. The standard InChI is InChI=1S/C12H18O8/c1-12(2,3)8(11(19)20)7(10(17)18)5(9(15)16)4-6(13)14/h5,7-8H,4H2,1-3H3,(H,13,14)(H,15,16)(H,17,18)(H,19,20). The summed E-state index contributed by atoms with van der Waals surface area (Å²) < 4.78 is 0. The van der Waals surface area contributed by atoms with Crippen LogP contribution in [0, 0.1) is 23.2 Å². The molecule has 0 amide bonds. The number of hydrogen-bond donors (Lipinski definition) is 4. The molecule has 0 heterocycles. The number of rotatable bonds is 7. The van der Waals surface area contributed by atoms with E-state index in [4.69, 9.17) is 15.3 Å². The first-order valence-corrected chi connectivity index (χ1v) is 5.79. The number of hydrogen-bond acceptors (Lipinski definition) is 4. The van der Waals surface area contributed by atoms with Gasteiger partial charge in [-0.1, -0.05) is 20.8 Å². The Balaban J connectivity index is 5.80. The minimum absolute atomic E-state index is 0.952. The smallest absolute Gasteiger partial charge is 0.308 e. The predicted molar refractivity (Wildman–Crippen MR) is 65.1 cm³/mol. The minimum atomic E-state index is -1.83. The third-order valence-electron chi connectivity index (χ3n) is 2.99. The molecule has 0 aromatic rings. The van der Waals surface area contributed by atoms with Crippen LogP contribution in [0.3, 0.4) is 0 Å². The second-order valence-corrected chi connectivity index (χ2v) is 5.59. The molecule has 0 saturated carbocycles. The maximum absolute atomic E-state index is 11.3. The number of carbonyl (C=O) groups is 4. The van der Waals surface area contributed by atoms with Gasteiger partial charge in [0, 0.05) is 0 Å². The van der Waals surface area contributed by atoms with Gasteiger partial charge in [0.2, 0.25) is 0 Å². The van der Waals surface area contributed by atoms with Gasteiger partial charge in [-0.3, -0.25) is 19.2 Å². The molecule has 0 rings (SSSR count). The number of aliphatic carboxylic acids is 4. The summed E-state index contributed by atoms with van der Waals surface area (Å²) in [6.45, 7) is 4.38. The lowest BCUT2D eigenvalue weighted by Crippen LogP contribution is -2.45. The van der Waals surface area contributed by atoms with Crippen LogP contribution in [-0.2, 0) is 19.2 Å². The quantitative estimate of drug-likeness (QED) is 0.532. The van der Waals surface area contributed by atoms with Crippen molar-refractivity contribution in [3.63, 3.8) is 0 Å². The summed E-state index contributed by atoms with van der Waals surface area (Å²) in [7, 11) is 0. The highest BCUT2D eigenvalue weighted by Crippen LogP contribution is 2.37. The van der Waals surface area contributed by atoms with Gasteiger partial charge in [-0.25, -0.2) is 0 Å². The first kappa shape index (κ1) is 17.9. The Hall–Kier alpha value is -2.12. The van der Waals surface area contributed by atoms with Gasteiger partial charge >= 0.3 is 23.9 Å². The van der Waals surface area contributed by atoms with Crippen molar-refractivity contribution in [2.45, 2.75) is 27.2 Å². The van der Waals surface area contributed by atoms with Gasteiger partial charge in [0.05, 0.1) is 24.2 Å². The van der Waals surface area contributed by atoms with E-state index in [0.717, 1.165) is 0 Å². The highest BCUT2D eigenvalue weighted by molar-refractivity contribution is 5.87. The molecule has 20 heavy (non-hydrogen) atoms. The molecule has 4 N–H and O–H groups in total. The predicted octanol–water partition coefficient (Wildman–Crippen LogP) is 0.610. The second-order valence-electron chi connectivity index (χ2n) is 5.59. The number of carboxylic acids is 4. The van der Waals surface area contributed by atoms with Crippen molar-refractivity contribution >= 4 is 23.9 Å². The van der Waals surface area contributed by atoms with Crippen molar-refractivity contribution in [3.05, 3.63) is 0 Å². The Labute approximate surface area is 115 Å². The number of carboxylic acid groups (broad SMARTS) is 4. The van der Waals surface area contributed by atoms with E-state index in [1.54, 1.807) is 0 Å². The van der Waals surface area contributed by atoms with E-state index < -0.39 is 53.5 Å². The normalized spacial score (nSPS) is 15.9. The summed E-state index contributed by atoms with van der Waals surface area (Å²) in [5, 5.41) is 36.1. The van der Waals surface area contributed by atoms with Gasteiger partial charge in [0.25, 0.3) is 0 Å². The molecule has 0 aliphatic carbocycles. The van der Waals surface area contributed by atoms with Crippen LogP contribution in [0.5, 0.6) is 0 Å². The summed E-state index contributed by atoms with van der Waals surface area (Å²) >= 11 is 0. The molecule has 3 unspecified atom stereocenters. The molecule has 0 aliphatic heterocycles. The highest BCUT2D eigenvalue weighted by Gasteiger charge is 2.48. The van der Waals surface area contributed by atoms with E-state index in [2.05, 4.69) is 0 Å². The van der Waals surface area contributed by atoms with E-state index >= 15 is 0 Å². The van der Waals surface area contributed by atoms with E-state index in [1.807, 2.05) is 0 Å². The Bertz CT molecular complexity index is 420. The summed E-state index contributed by atoms with van der Waals surface area (Å²) in [5.74, 6) is -11.4. The van der Waals surface area contributed by atoms with Crippen LogP contribution in [0.1, 0.15) is 27.2 Å². The molecular weight excluding hydrogens is 272 g/mol. The molecule has 0 saturated heterocycles. The first-order chi connectivity index (χ1) is 8.89. The maximum atomic E-state index is 11.3. The molecule has 8 nitrogen and oxygen atoms in total. The van der Waals surface area contributed by atoms with Crippen LogP contribution in [0.4, 0.5) is 0 Å². The SMILES string of the molecule is CC(C)(C)C(C(=O)O)C(C(=O)O)C(CC(=O)O)C(=O)O. The minimum Gasteiger partial charge on any atom is -0.481 e. The molecule has 8 heteroatoms. The fourth-order valence-corrected chi connectivity index (χ4v) is 2.17. The fourth-order valence-electron chi connectivity index (χ4n) is 2.17. The molecule has 0 spiro atoms. The Morgan fingerprint density at radius 2 is 1.30 bits per heavy atom. The van der Waals surface area contributed by atoms with E-state index in [9.17, 15) is 24.3 Å². The maximum Gasteiger partial charge on any atom is 0.308 e. The van der Waals surface area contributed by atoms with Gasteiger partial charge in [-0.15, -0.1) is 0 Å². The van der Waals surface area contributed by atoms with E-state index in [0.29, 0.717) is 0 Å². The Kier molecular flexibility index (Phi) is 5.68. The molecular formula is C12H18O8. The average Bonchev–Trinajstić information content (AvgIpc) is 2.19. The summed E-state index contributed by atoms with van der Waals surface area (Å²) in [6.07, 6.45) is -0.952. The third-order valence-corrected chi connectivity index (χ3v) is 2.99. The molecule has 0 bridgehead atoms. The van der Waals surface area contributed by atoms with Crippen LogP contribution in [-0.4, -0.2) is 44.3 Å². The Morgan fingerprint density at radius 1 is 0.850 bits per heavy atom. The van der Waals surface area contributed by atoms with Crippen LogP contribution < -0.4 is 0 Å². The van der Waals surface area contributed by atoms with Gasteiger partial charge in [-0.05, 0) is 5.41 Å². The molecule has 3 atom stereocenters. The lowest BCUT2D eigenvalue weighted by atomic mass is 9.68. The zero-order valence-electron chi connectivity index (χ0n) is 11.4. The van der Waals surface area contributed by atoms with Crippen LogP contribution in [0.2, 0.25) is 0 Å². The molecule has 0 aromatic carbocycles. The van der Waals surface area contributed by atoms with Crippen molar-refractivity contribution in [2.75, 3.05) is 0 Å². The van der Waals surface area contributed by atoms with Crippen molar-refractivity contribution in [1.29, 1.82) is 0 Å². The topological polar surface area (TPSA) is 149 Å². The van der Waals surface area contributed by atoms with Gasteiger partial charge < -0.3 is 20.4 Å². The second kappa shape index (κ2) is 6.36. The van der Waals surface area contributed by atoms with Gasteiger partial charge in [0.1, 0.15) is 0 Å². The molecule has 114 valence electrons. The van der Waals surface area contributed by atoms with Crippen LogP contribution >= 0.6 is 0 Å². The largest absolute Gasteiger partial charge is 0.481 e. The van der Waals surface area contributed by atoms with Crippen LogP contribution in [0.25, 0.3) is 0 Å². The van der Waals surface area contributed by atoms with E-state index in [-0.39, 0.29) is 0 Å². The zero-order valence-corrected chi connectivity index (χ0v) is 11.4. The molecule has 0 aliphatic rings. The third kappa shape index (κ3) is 4.52. The lowest BCUT2D eigenvalue weighted by molar-refractivity contribution is -0.168. The highest BCUT2D eigenvalue weighted by atomic mass is 16.4. The first-order valence-electron chi connectivity index (χ1n) is 5.79.